The van der Waals surface area contributed by atoms with Crippen LogP contribution in [0.25, 0.3) is 0 Å². The number of imide groups is 1. The van der Waals surface area contributed by atoms with Crippen molar-refractivity contribution >= 4 is 56.5 Å². The van der Waals surface area contributed by atoms with Crippen molar-refractivity contribution in [1.29, 1.82) is 0 Å². The number of nitrogens with one attached hydrogen (secondary N) is 1. The third kappa shape index (κ3) is 2.70. The van der Waals surface area contributed by atoms with Gasteiger partial charge in [-0.3, -0.25) is 14.4 Å². The number of halogens is 1. The standard InChI is InChI=1S/C20H13BrN2O3S2/c21-11-6-4-5-10(9-11)13-14-16(27-17-15(13)28-20(26)22-17)19(25)23(18(14)24)12-7-2-1-3-8-12/h1-9,13-14,16H,(H,22,26)/t13-,14-,16+/m0/s1. The Hall–Kier alpha value is -2.16. The number of rotatable bonds is 2. The fourth-order valence-electron chi connectivity index (χ4n) is 3.91. The Morgan fingerprint density at radius 3 is 2.50 bits per heavy atom. The van der Waals surface area contributed by atoms with Crippen molar-refractivity contribution in [3.8, 4) is 0 Å². The zero-order valence-electron chi connectivity index (χ0n) is 14.3. The van der Waals surface area contributed by atoms with Gasteiger partial charge in [0.1, 0.15) is 5.25 Å². The molecule has 3 aromatic rings. The molecule has 0 unspecified atom stereocenters. The first-order valence-electron chi connectivity index (χ1n) is 8.62. The van der Waals surface area contributed by atoms with Gasteiger partial charge < -0.3 is 4.98 Å². The van der Waals surface area contributed by atoms with Crippen LogP contribution in [-0.2, 0) is 9.59 Å². The minimum atomic E-state index is -0.561. The number of nitrogens with zero attached hydrogens (tertiary/aromatic N) is 1. The topological polar surface area (TPSA) is 70.2 Å². The first-order chi connectivity index (χ1) is 13.5. The summed E-state index contributed by atoms with van der Waals surface area (Å²) < 4.78 is 0.890. The largest absolute Gasteiger partial charge is 0.307 e. The quantitative estimate of drug-likeness (QED) is 0.572. The lowest BCUT2D eigenvalue weighted by Crippen LogP contribution is -2.32. The maximum Gasteiger partial charge on any atom is 0.305 e. The molecule has 2 aliphatic rings. The molecular formula is C20H13BrN2O3S2. The number of anilines is 1. The number of fused-ring (bicyclic) bond motifs is 2. The molecule has 1 fully saturated rings. The number of carbonyl (C=O) groups is 2. The Labute approximate surface area is 176 Å². The smallest absolute Gasteiger partial charge is 0.305 e. The predicted octanol–water partition coefficient (Wildman–Crippen LogP) is 3.99. The van der Waals surface area contributed by atoms with Gasteiger partial charge in [0.25, 0.3) is 0 Å². The highest BCUT2D eigenvalue weighted by atomic mass is 79.9. The van der Waals surface area contributed by atoms with Crippen LogP contribution < -0.4 is 9.77 Å². The molecule has 0 radical (unpaired) electrons. The lowest BCUT2D eigenvalue weighted by molar-refractivity contribution is -0.122. The molecule has 1 saturated heterocycles. The monoisotopic (exact) mass is 472 g/mol. The first-order valence-corrected chi connectivity index (χ1v) is 11.1. The molecule has 0 bridgehead atoms. The highest BCUT2D eigenvalue weighted by Crippen LogP contribution is 2.53. The molecular weight excluding hydrogens is 460 g/mol. The van der Waals surface area contributed by atoms with E-state index in [4.69, 9.17) is 0 Å². The summed E-state index contributed by atoms with van der Waals surface area (Å²) >= 11 is 5.90. The number of amides is 2. The molecule has 2 aromatic carbocycles. The van der Waals surface area contributed by atoms with Gasteiger partial charge in [0.05, 0.1) is 16.6 Å². The van der Waals surface area contributed by atoms with Gasteiger partial charge in [-0.1, -0.05) is 69.4 Å². The first kappa shape index (κ1) is 17.9. The second-order valence-corrected chi connectivity index (χ2v) is 9.73. The van der Waals surface area contributed by atoms with Crippen molar-refractivity contribution in [1.82, 2.24) is 4.98 Å². The van der Waals surface area contributed by atoms with Crippen LogP contribution >= 0.6 is 39.0 Å². The number of benzene rings is 2. The minimum Gasteiger partial charge on any atom is -0.307 e. The second-order valence-electron chi connectivity index (χ2n) is 6.65. The number of carbonyl (C=O) groups excluding carboxylic acids is 2. The van der Waals surface area contributed by atoms with Crippen LogP contribution in [0.2, 0.25) is 0 Å². The Bertz CT molecular complexity index is 1160. The van der Waals surface area contributed by atoms with Crippen LogP contribution in [0.5, 0.6) is 0 Å². The van der Waals surface area contributed by atoms with Crippen molar-refractivity contribution < 1.29 is 9.59 Å². The lowest BCUT2D eigenvalue weighted by Gasteiger charge is -2.29. The van der Waals surface area contributed by atoms with Crippen LogP contribution in [0.4, 0.5) is 5.69 Å². The van der Waals surface area contributed by atoms with Crippen molar-refractivity contribution in [2.45, 2.75) is 16.2 Å². The summed E-state index contributed by atoms with van der Waals surface area (Å²) in [6.45, 7) is 0. The zero-order chi connectivity index (χ0) is 19.4. The molecule has 0 aliphatic carbocycles. The molecule has 2 amide bonds. The Kier molecular flexibility index (Phi) is 4.30. The van der Waals surface area contributed by atoms with Crippen molar-refractivity contribution in [3.05, 3.63) is 79.2 Å². The maximum absolute atomic E-state index is 13.4. The summed E-state index contributed by atoms with van der Waals surface area (Å²) in [5.41, 5.74) is 1.49. The average molecular weight is 473 g/mol. The third-order valence-corrected chi connectivity index (χ3v) is 7.94. The van der Waals surface area contributed by atoms with E-state index in [0.29, 0.717) is 10.7 Å². The molecule has 5 rings (SSSR count). The normalized spacial score (nSPS) is 23.6. The Morgan fingerprint density at radius 2 is 1.75 bits per heavy atom. The predicted molar refractivity (Wildman–Crippen MR) is 113 cm³/mol. The molecule has 8 heteroatoms. The second kappa shape index (κ2) is 6.72. The molecule has 3 atom stereocenters. The van der Waals surface area contributed by atoms with Gasteiger partial charge in [-0.05, 0) is 29.8 Å². The summed E-state index contributed by atoms with van der Waals surface area (Å²) in [5, 5.41) is 0.131. The molecule has 0 saturated carbocycles. The summed E-state index contributed by atoms with van der Waals surface area (Å²) in [7, 11) is 0. The van der Waals surface area contributed by atoms with Crippen LogP contribution in [0.15, 0.2) is 68.9 Å². The number of aromatic nitrogens is 1. The number of aromatic amines is 1. The van der Waals surface area contributed by atoms with Gasteiger partial charge in [0, 0.05) is 15.3 Å². The van der Waals surface area contributed by atoms with E-state index in [1.54, 1.807) is 12.1 Å². The minimum absolute atomic E-state index is 0.169. The summed E-state index contributed by atoms with van der Waals surface area (Å²) in [6, 6.07) is 16.7. The maximum atomic E-state index is 13.4. The van der Waals surface area contributed by atoms with Crippen molar-refractivity contribution in [3.63, 3.8) is 0 Å². The highest BCUT2D eigenvalue weighted by Gasteiger charge is 2.56. The highest BCUT2D eigenvalue weighted by molar-refractivity contribution is 9.10. The van der Waals surface area contributed by atoms with Crippen LogP contribution in [-0.4, -0.2) is 22.0 Å². The lowest BCUT2D eigenvalue weighted by atomic mass is 9.83. The van der Waals surface area contributed by atoms with Crippen LogP contribution in [0, 0.1) is 5.92 Å². The fraction of sp³-hybridized carbons (Fsp3) is 0.150. The Balaban J connectivity index is 1.68. The molecule has 5 nitrogen and oxygen atoms in total. The van der Waals surface area contributed by atoms with Crippen molar-refractivity contribution in [2.24, 2.45) is 5.92 Å². The molecule has 140 valence electrons. The number of thioether (sulfide) groups is 1. The van der Waals surface area contributed by atoms with Gasteiger partial charge in [-0.15, -0.1) is 0 Å². The number of hydrogen-bond donors (Lipinski definition) is 1. The van der Waals surface area contributed by atoms with Gasteiger partial charge >= 0.3 is 4.87 Å². The van der Waals surface area contributed by atoms with E-state index in [1.807, 2.05) is 42.5 Å². The zero-order valence-corrected chi connectivity index (χ0v) is 17.5. The average Bonchev–Trinajstić information content (AvgIpc) is 3.17. The van der Waals surface area contributed by atoms with Gasteiger partial charge in [0.15, 0.2) is 0 Å². The molecule has 0 spiro atoms. The van der Waals surface area contributed by atoms with Gasteiger partial charge in [-0.25, -0.2) is 4.90 Å². The van der Waals surface area contributed by atoms with E-state index in [2.05, 4.69) is 20.9 Å². The molecule has 1 aromatic heterocycles. The molecule has 3 heterocycles. The van der Waals surface area contributed by atoms with Crippen LogP contribution in [0.1, 0.15) is 16.4 Å². The summed E-state index contributed by atoms with van der Waals surface area (Å²) in [5.74, 6) is -1.34. The van der Waals surface area contributed by atoms with E-state index in [9.17, 15) is 14.4 Å². The Morgan fingerprint density at radius 1 is 0.964 bits per heavy atom. The molecule has 28 heavy (non-hydrogen) atoms. The van der Waals surface area contributed by atoms with E-state index in [-0.39, 0.29) is 22.6 Å². The van der Waals surface area contributed by atoms with Crippen molar-refractivity contribution in [2.75, 3.05) is 4.90 Å². The van der Waals surface area contributed by atoms with E-state index in [0.717, 1.165) is 26.3 Å². The number of thiazole rings is 1. The molecule has 2 aliphatic heterocycles. The van der Waals surface area contributed by atoms with E-state index in [1.165, 1.54) is 16.7 Å². The number of H-pyrrole nitrogens is 1. The molecule has 1 N–H and O–H groups in total. The number of hydrogen-bond acceptors (Lipinski definition) is 5. The van der Waals surface area contributed by atoms with Gasteiger partial charge in [-0.2, -0.15) is 0 Å². The summed E-state index contributed by atoms with van der Waals surface area (Å²) in [4.78, 5) is 43.5. The fourth-order valence-corrected chi connectivity index (χ4v) is 6.84. The third-order valence-electron chi connectivity index (χ3n) is 5.05. The van der Waals surface area contributed by atoms with E-state index < -0.39 is 11.2 Å². The SMILES string of the molecule is O=C1[C@H]2[C@H](c3cccc(Br)c3)c3sc(=O)[nH]c3S[C@H]2C(=O)N1c1ccccc1. The van der Waals surface area contributed by atoms with E-state index >= 15 is 0 Å². The van der Waals surface area contributed by atoms with Gasteiger partial charge in [0.2, 0.25) is 11.8 Å². The summed E-state index contributed by atoms with van der Waals surface area (Å²) in [6.07, 6.45) is 0. The van der Waals surface area contributed by atoms with Crippen LogP contribution in [0.3, 0.4) is 0 Å². The number of para-hydroxylation sites is 1.